The maximum atomic E-state index is 13.5. The molecular formula is C20H16ClN3O3S. The molecule has 8 heteroatoms. The van der Waals surface area contributed by atoms with Crippen molar-refractivity contribution in [3.05, 3.63) is 81.0 Å². The van der Waals surface area contributed by atoms with Gasteiger partial charge in [-0.2, -0.15) is 5.26 Å². The van der Waals surface area contributed by atoms with Crippen molar-refractivity contribution in [1.29, 1.82) is 5.26 Å². The number of fused-ring (bicyclic) bond motifs is 2. The molecule has 0 saturated heterocycles. The molecule has 2 heterocycles. The van der Waals surface area contributed by atoms with Gasteiger partial charge in [0.15, 0.2) is 5.76 Å². The number of hydrogen-bond donors (Lipinski definition) is 1. The van der Waals surface area contributed by atoms with E-state index < -0.39 is 15.9 Å². The molecule has 0 fully saturated rings. The molecule has 2 aromatic carbocycles. The molecule has 0 aromatic heterocycles. The second kappa shape index (κ2) is 6.59. The molecule has 0 unspecified atom stereocenters. The number of para-hydroxylation sites is 1. The molecule has 142 valence electrons. The Kier molecular flexibility index (Phi) is 4.33. The topological polar surface area (TPSA) is 96.4 Å². The molecule has 2 N–H and O–H groups in total. The van der Waals surface area contributed by atoms with Crippen molar-refractivity contribution in [2.45, 2.75) is 12.8 Å². The first-order chi connectivity index (χ1) is 13.4. The van der Waals surface area contributed by atoms with Crippen molar-refractivity contribution >= 4 is 33.1 Å². The molecule has 2 aromatic rings. The van der Waals surface area contributed by atoms with Crippen molar-refractivity contribution < 1.29 is 13.2 Å². The third-order valence-corrected chi connectivity index (χ3v) is 7.11. The Bertz CT molecular complexity index is 1180. The molecule has 0 radical (unpaired) electrons. The highest BCUT2D eigenvalue weighted by Gasteiger charge is 2.46. The van der Waals surface area contributed by atoms with Crippen LogP contribution in [0.5, 0.6) is 0 Å². The molecule has 2 aliphatic heterocycles. The Morgan fingerprint density at radius 2 is 1.89 bits per heavy atom. The molecule has 0 spiro atoms. The highest BCUT2D eigenvalue weighted by atomic mass is 35.5. The third-order valence-electron chi connectivity index (χ3n) is 4.85. The van der Waals surface area contributed by atoms with Gasteiger partial charge in [0.2, 0.25) is 5.88 Å². The number of rotatable bonds is 2. The lowest BCUT2D eigenvalue weighted by atomic mass is 9.88. The largest absolute Gasteiger partial charge is 0.439 e. The molecule has 6 nitrogen and oxygen atoms in total. The summed E-state index contributed by atoms with van der Waals surface area (Å²) in [6.45, 7) is 2.00. The summed E-state index contributed by atoms with van der Waals surface area (Å²) >= 11 is 5.99. The zero-order chi connectivity index (χ0) is 20.1. The Balaban J connectivity index is 2.07. The summed E-state index contributed by atoms with van der Waals surface area (Å²) in [6, 6.07) is 15.8. The SMILES string of the molecule is CCN1c2ccccc2C2=C([C@H](c3ccc(Cl)cc3)C(C#N)=C(N)O2)S1(=O)=O. The van der Waals surface area contributed by atoms with Crippen LogP contribution in [0.25, 0.3) is 5.76 Å². The van der Waals surface area contributed by atoms with E-state index in [9.17, 15) is 13.7 Å². The molecule has 0 saturated carbocycles. The van der Waals surface area contributed by atoms with E-state index in [1.807, 2.05) is 6.07 Å². The zero-order valence-corrected chi connectivity index (χ0v) is 16.5. The van der Waals surface area contributed by atoms with Gasteiger partial charge in [-0.25, -0.2) is 8.42 Å². The zero-order valence-electron chi connectivity index (χ0n) is 14.9. The van der Waals surface area contributed by atoms with Gasteiger partial charge in [-0.05, 0) is 36.8 Å². The fourth-order valence-electron chi connectivity index (χ4n) is 3.64. The number of hydrogen-bond acceptors (Lipinski definition) is 5. The lowest BCUT2D eigenvalue weighted by Crippen LogP contribution is -2.39. The summed E-state index contributed by atoms with van der Waals surface area (Å²) in [5, 5.41) is 10.2. The Hall–Kier alpha value is -2.95. The summed E-state index contributed by atoms with van der Waals surface area (Å²) in [7, 11) is -3.95. The van der Waals surface area contributed by atoms with Gasteiger partial charge in [0.25, 0.3) is 10.0 Å². The normalized spacial score (nSPS) is 20.2. The highest BCUT2D eigenvalue weighted by Crippen LogP contribution is 2.50. The first-order valence-electron chi connectivity index (χ1n) is 8.59. The molecular weight excluding hydrogens is 398 g/mol. The van der Waals surface area contributed by atoms with E-state index in [2.05, 4.69) is 0 Å². The smallest absolute Gasteiger partial charge is 0.265 e. The van der Waals surface area contributed by atoms with E-state index in [1.54, 1.807) is 55.5 Å². The van der Waals surface area contributed by atoms with Crippen LogP contribution in [-0.4, -0.2) is 15.0 Å². The van der Waals surface area contributed by atoms with Gasteiger partial charge in [-0.15, -0.1) is 0 Å². The minimum Gasteiger partial charge on any atom is -0.439 e. The molecule has 1 atom stereocenters. The molecule has 4 rings (SSSR count). The van der Waals surface area contributed by atoms with E-state index in [1.165, 1.54) is 4.31 Å². The van der Waals surface area contributed by atoms with Gasteiger partial charge in [0.05, 0.1) is 11.6 Å². The Morgan fingerprint density at radius 1 is 1.21 bits per heavy atom. The molecule has 2 aliphatic rings. The minimum absolute atomic E-state index is 0.0149. The highest BCUT2D eigenvalue weighted by molar-refractivity contribution is 7.97. The van der Waals surface area contributed by atoms with Gasteiger partial charge in [-0.1, -0.05) is 35.9 Å². The van der Waals surface area contributed by atoms with Crippen LogP contribution in [0, 0.1) is 11.3 Å². The van der Waals surface area contributed by atoms with E-state index in [4.69, 9.17) is 22.1 Å². The third kappa shape index (κ3) is 2.57. The number of allylic oxidation sites excluding steroid dienone is 2. The monoisotopic (exact) mass is 413 g/mol. The predicted octanol–water partition coefficient (Wildman–Crippen LogP) is 3.69. The van der Waals surface area contributed by atoms with Crippen molar-refractivity contribution in [3.63, 3.8) is 0 Å². The van der Waals surface area contributed by atoms with E-state index >= 15 is 0 Å². The Labute approximate surface area is 168 Å². The Morgan fingerprint density at radius 3 is 2.54 bits per heavy atom. The van der Waals surface area contributed by atoms with E-state index in [0.717, 1.165) is 0 Å². The van der Waals surface area contributed by atoms with Crippen molar-refractivity contribution in [2.75, 3.05) is 10.8 Å². The minimum atomic E-state index is -3.95. The lowest BCUT2D eigenvalue weighted by molar-refractivity contribution is 0.357. The molecule has 28 heavy (non-hydrogen) atoms. The lowest BCUT2D eigenvalue weighted by Gasteiger charge is -2.37. The van der Waals surface area contributed by atoms with Gasteiger partial charge in [-0.3, -0.25) is 4.31 Å². The van der Waals surface area contributed by atoms with Crippen LogP contribution in [0.3, 0.4) is 0 Å². The van der Waals surface area contributed by atoms with Crippen LogP contribution < -0.4 is 10.0 Å². The fourth-order valence-corrected chi connectivity index (χ4v) is 5.70. The number of sulfonamides is 1. The van der Waals surface area contributed by atoms with Gasteiger partial charge in [0, 0.05) is 17.1 Å². The summed E-state index contributed by atoms with van der Waals surface area (Å²) in [5.74, 6) is -0.814. The summed E-state index contributed by atoms with van der Waals surface area (Å²) < 4.78 is 34.1. The maximum absolute atomic E-state index is 13.5. The second-order valence-electron chi connectivity index (χ2n) is 6.36. The summed E-state index contributed by atoms with van der Waals surface area (Å²) in [4.78, 5) is 0.0149. The number of ether oxygens (including phenoxy) is 1. The van der Waals surface area contributed by atoms with Crippen LogP contribution in [0.2, 0.25) is 5.02 Å². The van der Waals surface area contributed by atoms with Crippen LogP contribution in [0.4, 0.5) is 5.69 Å². The number of benzene rings is 2. The second-order valence-corrected chi connectivity index (χ2v) is 8.62. The standard InChI is InChI=1S/C20H16ClN3O3S/c1-2-24-16-6-4-3-5-14(16)18-19(28(24,25)26)17(15(11-22)20(23)27-18)12-7-9-13(21)10-8-12/h3-10,17H,2,23H2,1H3/t17-/m1/s1. The first kappa shape index (κ1) is 18.4. The van der Waals surface area contributed by atoms with Gasteiger partial charge in [0.1, 0.15) is 16.5 Å². The number of nitriles is 1. The van der Waals surface area contributed by atoms with Crippen molar-refractivity contribution in [3.8, 4) is 6.07 Å². The summed E-state index contributed by atoms with van der Waals surface area (Å²) in [6.07, 6.45) is 0. The predicted molar refractivity (Wildman–Crippen MR) is 107 cm³/mol. The van der Waals surface area contributed by atoms with Gasteiger partial charge >= 0.3 is 0 Å². The average Bonchev–Trinajstić information content (AvgIpc) is 2.68. The van der Waals surface area contributed by atoms with Crippen LogP contribution in [0.15, 0.2) is 64.9 Å². The molecule has 0 bridgehead atoms. The molecule has 0 amide bonds. The van der Waals surface area contributed by atoms with Crippen molar-refractivity contribution in [2.24, 2.45) is 5.73 Å². The molecule has 0 aliphatic carbocycles. The van der Waals surface area contributed by atoms with Gasteiger partial charge < -0.3 is 10.5 Å². The number of nitrogens with zero attached hydrogens (tertiary/aromatic N) is 2. The van der Waals surface area contributed by atoms with E-state index in [0.29, 0.717) is 21.8 Å². The number of nitrogens with two attached hydrogens (primary N) is 1. The summed E-state index contributed by atoms with van der Waals surface area (Å²) in [5.41, 5.74) is 7.82. The number of anilines is 1. The van der Waals surface area contributed by atoms with E-state index in [-0.39, 0.29) is 28.7 Å². The quantitative estimate of drug-likeness (QED) is 0.809. The van der Waals surface area contributed by atoms with Crippen molar-refractivity contribution in [1.82, 2.24) is 0 Å². The maximum Gasteiger partial charge on any atom is 0.265 e. The fraction of sp³-hybridized carbons (Fsp3) is 0.150. The van der Waals surface area contributed by atoms with Crippen LogP contribution in [-0.2, 0) is 14.8 Å². The van der Waals surface area contributed by atoms with Crippen LogP contribution in [0.1, 0.15) is 24.0 Å². The van der Waals surface area contributed by atoms with Crippen LogP contribution >= 0.6 is 11.6 Å². The first-order valence-corrected chi connectivity index (χ1v) is 10.4. The average molecular weight is 414 g/mol. The number of halogens is 1.